The zero-order valence-electron chi connectivity index (χ0n) is 10.5. The highest BCUT2D eigenvalue weighted by atomic mass is 16.5. The highest BCUT2D eigenvalue weighted by Gasteiger charge is 2.21. The molecule has 0 aromatic heterocycles. The van der Waals surface area contributed by atoms with Gasteiger partial charge >= 0.3 is 0 Å². The van der Waals surface area contributed by atoms with Gasteiger partial charge in [-0.15, -0.1) is 0 Å². The molecule has 2 N–H and O–H groups in total. The van der Waals surface area contributed by atoms with Crippen molar-refractivity contribution in [1.82, 2.24) is 10.6 Å². The van der Waals surface area contributed by atoms with Crippen molar-refractivity contribution in [2.45, 2.75) is 44.6 Å². The zero-order valence-corrected chi connectivity index (χ0v) is 10.5. The predicted molar refractivity (Wildman–Crippen MR) is 66.8 cm³/mol. The minimum absolute atomic E-state index is 0.0977. The van der Waals surface area contributed by atoms with Crippen molar-refractivity contribution in [2.75, 3.05) is 26.3 Å². The molecule has 2 rings (SSSR count). The molecule has 4 heteroatoms. The van der Waals surface area contributed by atoms with Gasteiger partial charge in [-0.25, -0.2) is 0 Å². The molecule has 1 saturated carbocycles. The quantitative estimate of drug-likeness (QED) is 0.772. The van der Waals surface area contributed by atoms with Gasteiger partial charge in [-0.2, -0.15) is 0 Å². The Balaban J connectivity index is 1.58. The molecular formula is C13H24N2O2. The molecule has 0 bridgehead atoms. The third-order valence-electron chi connectivity index (χ3n) is 3.81. The largest absolute Gasteiger partial charge is 0.378 e. The highest BCUT2D eigenvalue weighted by molar-refractivity contribution is 5.81. The Bertz CT molecular complexity index is 234. The summed E-state index contributed by atoms with van der Waals surface area (Å²) >= 11 is 0. The van der Waals surface area contributed by atoms with Crippen LogP contribution in [-0.2, 0) is 9.53 Å². The van der Waals surface area contributed by atoms with Gasteiger partial charge < -0.3 is 15.4 Å². The van der Waals surface area contributed by atoms with Crippen LogP contribution in [0.2, 0.25) is 0 Å². The second-order valence-corrected chi connectivity index (χ2v) is 5.17. The van der Waals surface area contributed by atoms with Crippen LogP contribution in [0.1, 0.15) is 38.5 Å². The predicted octanol–water partition coefficient (Wildman–Crippen LogP) is 1.06. The molecule has 1 aliphatic heterocycles. The van der Waals surface area contributed by atoms with E-state index in [2.05, 4.69) is 10.6 Å². The van der Waals surface area contributed by atoms with Crippen molar-refractivity contribution in [3.8, 4) is 0 Å². The Morgan fingerprint density at radius 1 is 1.29 bits per heavy atom. The Kier molecular flexibility index (Phi) is 5.26. The molecule has 4 nitrogen and oxygen atoms in total. The topological polar surface area (TPSA) is 50.4 Å². The minimum atomic E-state index is -0.143. The number of nitrogens with one attached hydrogen (secondary N) is 2. The Morgan fingerprint density at radius 3 is 2.82 bits per heavy atom. The van der Waals surface area contributed by atoms with Crippen LogP contribution in [0.15, 0.2) is 0 Å². The molecule has 98 valence electrons. The molecule has 2 fully saturated rings. The van der Waals surface area contributed by atoms with Crippen molar-refractivity contribution >= 4 is 5.91 Å². The maximum absolute atomic E-state index is 11.8. The fourth-order valence-electron chi connectivity index (χ4n) is 2.73. The van der Waals surface area contributed by atoms with Crippen LogP contribution >= 0.6 is 0 Å². The third kappa shape index (κ3) is 4.28. The number of ether oxygens (including phenoxy) is 1. The molecule has 0 radical (unpaired) electrons. The van der Waals surface area contributed by atoms with E-state index in [0.29, 0.717) is 13.2 Å². The zero-order chi connectivity index (χ0) is 11.9. The second kappa shape index (κ2) is 6.97. The number of hydrogen-bond donors (Lipinski definition) is 2. The van der Waals surface area contributed by atoms with E-state index >= 15 is 0 Å². The number of carbonyl (C=O) groups excluding carboxylic acids is 1. The molecule has 1 aliphatic carbocycles. The van der Waals surface area contributed by atoms with E-state index in [0.717, 1.165) is 25.4 Å². The molecule has 0 aromatic carbocycles. The normalized spacial score (nSPS) is 26.7. The second-order valence-electron chi connectivity index (χ2n) is 5.17. The average Bonchev–Trinajstić information content (AvgIpc) is 2.41. The summed E-state index contributed by atoms with van der Waals surface area (Å²) in [5.74, 6) is 0.931. The number of rotatable bonds is 4. The summed E-state index contributed by atoms with van der Waals surface area (Å²) in [6, 6.07) is -0.143. The molecule has 1 heterocycles. The first kappa shape index (κ1) is 12.8. The van der Waals surface area contributed by atoms with E-state index in [9.17, 15) is 4.79 Å². The summed E-state index contributed by atoms with van der Waals surface area (Å²) < 4.78 is 5.28. The number of morpholine rings is 1. The van der Waals surface area contributed by atoms with Gasteiger partial charge in [0.05, 0.1) is 13.2 Å². The van der Waals surface area contributed by atoms with E-state index in [-0.39, 0.29) is 11.9 Å². The van der Waals surface area contributed by atoms with Crippen molar-refractivity contribution in [3.63, 3.8) is 0 Å². The molecular weight excluding hydrogens is 216 g/mol. The first-order chi connectivity index (χ1) is 8.36. The maximum atomic E-state index is 11.8. The van der Waals surface area contributed by atoms with Crippen molar-refractivity contribution in [2.24, 2.45) is 5.92 Å². The molecule has 1 atom stereocenters. The SMILES string of the molecule is O=C(NCCC1CCCCC1)C1COCCN1. The van der Waals surface area contributed by atoms with Gasteiger partial charge in [0.25, 0.3) is 0 Å². The van der Waals surface area contributed by atoms with E-state index < -0.39 is 0 Å². The van der Waals surface area contributed by atoms with Crippen LogP contribution in [0.5, 0.6) is 0 Å². The molecule has 1 saturated heterocycles. The van der Waals surface area contributed by atoms with Crippen LogP contribution in [0.25, 0.3) is 0 Å². The third-order valence-corrected chi connectivity index (χ3v) is 3.81. The van der Waals surface area contributed by atoms with Gasteiger partial charge in [0.2, 0.25) is 5.91 Å². The van der Waals surface area contributed by atoms with Crippen LogP contribution in [-0.4, -0.2) is 38.3 Å². The van der Waals surface area contributed by atoms with Crippen LogP contribution in [0.4, 0.5) is 0 Å². The molecule has 2 aliphatic rings. The van der Waals surface area contributed by atoms with Crippen molar-refractivity contribution < 1.29 is 9.53 Å². The summed E-state index contributed by atoms with van der Waals surface area (Å²) in [4.78, 5) is 11.8. The summed E-state index contributed by atoms with van der Waals surface area (Å²) in [5, 5.41) is 6.19. The molecule has 1 amide bonds. The Hall–Kier alpha value is -0.610. The lowest BCUT2D eigenvalue weighted by atomic mass is 9.87. The van der Waals surface area contributed by atoms with Crippen LogP contribution in [0.3, 0.4) is 0 Å². The standard InChI is InChI=1S/C13H24N2O2/c16-13(12-10-17-9-8-14-12)15-7-6-11-4-2-1-3-5-11/h11-12,14H,1-10H2,(H,15,16). The fourth-order valence-corrected chi connectivity index (χ4v) is 2.73. The summed E-state index contributed by atoms with van der Waals surface area (Å²) in [6.07, 6.45) is 7.97. The van der Waals surface area contributed by atoms with E-state index in [1.807, 2.05) is 0 Å². The summed E-state index contributed by atoms with van der Waals surface area (Å²) in [7, 11) is 0. The van der Waals surface area contributed by atoms with E-state index in [4.69, 9.17) is 4.74 Å². The van der Waals surface area contributed by atoms with Crippen molar-refractivity contribution in [3.05, 3.63) is 0 Å². The van der Waals surface area contributed by atoms with E-state index in [1.54, 1.807) is 0 Å². The van der Waals surface area contributed by atoms with Gasteiger partial charge in [-0.3, -0.25) is 4.79 Å². The number of hydrogen-bond acceptors (Lipinski definition) is 3. The van der Waals surface area contributed by atoms with Gasteiger partial charge in [0, 0.05) is 13.1 Å². The van der Waals surface area contributed by atoms with Gasteiger partial charge in [0.15, 0.2) is 0 Å². The number of amides is 1. The molecule has 0 spiro atoms. The van der Waals surface area contributed by atoms with Gasteiger partial charge in [0.1, 0.15) is 6.04 Å². The maximum Gasteiger partial charge on any atom is 0.239 e. The molecule has 0 aromatic rings. The molecule has 1 unspecified atom stereocenters. The fraction of sp³-hybridized carbons (Fsp3) is 0.923. The van der Waals surface area contributed by atoms with Crippen LogP contribution in [0, 0.1) is 5.92 Å². The lowest BCUT2D eigenvalue weighted by Crippen LogP contribution is -2.51. The Labute approximate surface area is 103 Å². The lowest BCUT2D eigenvalue weighted by Gasteiger charge is -2.24. The lowest BCUT2D eigenvalue weighted by molar-refractivity contribution is -0.125. The average molecular weight is 240 g/mol. The first-order valence-electron chi connectivity index (χ1n) is 6.95. The first-order valence-corrected chi connectivity index (χ1v) is 6.95. The van der Waals surface area contributed by atoms with Crippen molar-refractivity contribution in [1.29, 1.82) is 0 Å². The Morgan fingerprint density at radius 2 is 2.12 bits per heavy atom. The van der Waals surface area contributed by atoms with E-state index in [1.165, 1.54) is 32.1 Å². The molecule has 17 heavy (non-hydrogen) atoms. The number of carbonyl (C=O) groups is 1. The highest BCUT2D eigenvalue weighted by Crippen LogP contribution is 2.25. The van der Waals surface area contributed by atoms with Gasteiger partial charge in [-0.1, -0.05) is 32.1 Å². The van der Waals surface area contributed by atoms with Gasteiger partial charge in [-0.05, 0) is 12.3 Å². The minimum Gasteiger partial charge on any atom is -0.378 e. The summed E-state index contributed by atoms with van der Waals surface area (Å²) in [6.45, 7) is 2.82. The van der Waals surface area contributed by atoms with Crippen LogP contribution < -0.4 is 10.6 Å². The monoisotopic (exact) mass is 240 g/mol. The summed E-state index contributed by atoms with van der Waals surface area (Å²) in [5.41, 5.74) is 0. The smallest absolute Gasteiger partial charge is 0.239 e.